The van der Waals surface area contributed by atoms with Gasteiger partial charge in [-0.05, 0) is 25.0 Å². The molecule has 0 bridgehead atoms. The maximum atomic E-state index is 12.5. The number of piperidine rings is 1. The molecule has 0 aliphatic carbocycles. The highest BCUT2D eigenvalue weighted by Gasteiger charge is 2.23. The van der Waals surface area contributed by atoms with Crippen LogP contribution in [0.1, 0.15) is 29.2 Å². The Hall–Kier alpha value is -2.48. The van der Waals surface area contributed by atoms with Crippen LogP contribution in [0.25, 0.3) is 0 Å². The van der Waals surface area contributed by atoms with Gasteiger partial charge in [-0.25, -0.2) is 4.98 Å². The number of nitrogens with zero attached hydrogens (tertiary/aromatic N) is 5. The average molecular weight is 341 g/mol. The fraction of sp³-hybridized carbons (Fsp3) is 0.529. The Kier molecular flexibility index (Phi) is 4.60. The van der Waals surface area contributed by atoms with Crippen molar-refractivity contribution in [2.75, 3.05) is 31.1 Å². The number of aromatic nitrogens is 4. The number of anilines is 1. The minimum Gasteiger partial charge on any atom is -0.355 e. The molecule has 4 heterocycles. The number of imidazole rings is 1. The molecule has 0 radical (unpaired) electrons. The van der Waals surface area contributed by atoms with E-state index in [-0.39, 0.29) is 11.9 Å². The highest BCUT2D eigenvalue weighted by atomic mass is 16.2. The van der Waals surface area contributed by atoms with E-state index in [9.17, 15) is 4.79 Å². The van der Waals surface area contributed by atoms with Gasteiger partial charge in [0.05, 0.1) is 0 Å². The Morgan fingerprint density at radius 2 is 2.12 bits per heavy atom. The number of amides is 1. The Balaban J connectivity index is 1.33. The van der Waals surface area contributed by atoms with Gasteiger partial charge in [-0.15, -0.1) is 5.10 Å². The molecule has 1 saturated heterocycles. The number of rotatable bonds is 3. The monoisotopic (exact) mass is 341 g/mol. The first kappa shape index (κ1) is 16.0. The van der Waals surface area contributed by atoms with Gasteiger partial charge in [-0.1, -0.05) is 0 Å². The van der Waals surface area contributed by atoms with Gasteiger partial charge in [0.15, 0.2) is 5.82 Å². The zero-order chi connectivity index (χ0) is 17.1. The predicted octanol–water partition coefficient (Wildman–Crippen LogP) is 0.218. The van der Waals surface area contributed by atoms with Gasteiger partial charge in [0.1, 0.15) is 11.5 Å². The molecule has 0 spiro atoms. The van der Waals surface area contributed by atoms with Gasteiger partial charge >= 0.3 is 0 Å². The quantitative estimate of drug-likeness (QED) is 0.830. The molecule has 25 heavy (non-hydrogen) atoms. The SMILES string of the molecule is O=C(NC1CCN(c2cccnn2)CC1)c1cn2c(n1)CCNCC2. The summed E-state index contributed by atoms with van der Waals surface area (Å²) in [6, 6.07) is 4.05. The molecule has 1 fully saturated rings. The summed E-state index contributed by atoms with van der Waals surface area (Å²) in [4.78, 5) is 19.3. The fourth-order valence-electron chi connectivity index (χ4n) is 3.46. The van der Waals surface area contributed by atoms with E-state index in [4.69, 9.17) is 0 Å². The van der Waals surface area contributed by atoms with Crippen LogP contribution in [0.3, 0.4) is 0 Å². The molecule has 8 nitrogen and oxygen atoms in total. The number of fused-ring (bicyclic) bond motifs is 1. The van der Waals surface area contributed by atoms with Crippen molar-refractivity contribution in [3.05, 3.63) is 36.0 Å². The third kappa shape index (κ3) is 3.63. The molecule has 132 valence electrons. The van der Waals surface area contributed by atoms with Crippen molar-refractivity contribution in [3.8, 4) is 0 Å². The van der Waals surface area contributed by atoms with Crippen molar-refractivity contribution in [2.45, 2.75) is 31.8 Å². The van der Waals surface area contributed by atoms with Gasteiger partial charge in [-0.2, -0.15) is 5.10 Å². The van der Waals surface area contributed by atoms with Crippen molar-refractivity contribution >= 4 is 11.7 Å². The summed E-state index contributed by atoms with van der Waals surface area (Å²) < 4.78 is 2.09. The third-order valence-electron chi connectivity index (χ3n) is 4.86. The predicted molar refractivity (Wildman–Crippen MR) is 93.5 cm³/mol. The van der Waals surface area contributed by atoms with Crippen LogP contribution in [-0.4, -0.2) is 57.9 Å². The Morgan fingerprint density at radius 3 is 2.92 bits per heavy atom. The average Bonchev–Trinajstić information content (AvgIpc) is 2.94. The minimum absolute atomic E-state index is 0.0634. The van der Waals surface area contributed by atoms with Gasteiger partial charge in [0.2, 0.25) is 0 Å². The number of nitrogens with one attached hydrogen (secondary N) is 2. The molecular weight excluding hydrogens is 318 g/mol. The molecular formula is C17H23N7O. The largest absolute Gasteiger partial charge is 0.355 e. The van der Waals surface area contributed by atoms with E-state index in [1.807, 2.05) is 18.3 Å². The van der Waals surface area contributed by atoms with Crippen LogP contribution in [0.4, 0.5) is 5.82 Å². The fourth-order valence-corrected chi connectivity index (χ4v) is 3.46. The molecule has 8 heteroatoms. The molecule has 2 N–H and O–H groups in total. The van der Waals surface area contributed by atoms with E-state index in [0.29, 0.717) is 5.69 Å². The Labute approximate surface area is 146 Å². The van der Waals surface area contributed by atoms with Crippen LogP contribution in [0.15, 0.2) is 24.5 Å². The molecule has 2 aromatic heterocycles. The highest BCUT2D eigenvalue weighted by Crippen LogP contribution is 2.17. The number of hydrogen-bond donors (Lipinski definition) is 2. The van der Waals surface area contributed by atoms with E-state index in [2.05, 4.69) is 35.3 Å². The van der Waals surface area contributed by atoms with E-state index in [1.54, 1.807) is 6.20 Å². The lowest BCUT2D eigenvalue weighted by Crippen LogP contribution is -2.45. The molecule has 0 atom stereocenters. The lowest BCUT2D eigenvalue weighted by atomic mass is 10.0. The second-order valence-corrected chi connectivity index (χ2v) is 6.55. The molecule has 4 rings (SSSR count). The molecule has 0 saturated carbocycles. The standard InChI is InChI=1S/C17H23N7O/c25-17(14-12-24-11-8-18-7-3-15(24)21-14)20-13-4-9-23(10-5-13)16-2-1-6-19-22-16/h1-2,6,12-13,18H,3-5,7-11H2,(H,20,25). The lowest BCUT2D eigenvalue weighted by Gasteiger charge is -2.32. The zero-order valence-electron chi connectivity index (χ0n) is 14.2. The maximum Gasteiger partial charge on any atom is 0.271 e. The van der Waals surface area contributed by atoms with E-state index >= 15 is 0 Å². The van der Waals surface area contributed by atoms with Gasteiger partial charge in [0, 0.05) is 57.6 Å². The third-order valence-corrected chi connectivity index (χ3v) is 4.86. The molecule has 0 aromatic carbocycles. The summed E-state index contributed by atoms with van der Waals surface area (Å²) in [6.07, 6.45) is 6.23. The summed E-state index contributed by atoms with van der Waals surface area (Å²) in [5, 5.41) is 14.6. The lowest BCUT2D eigenvalue weighted by molar-refractivity contribution is 0.0926. The summed E-state index contributed by atoms with van der Waals surface area (Å²) in [6.45, 7) is 4.44. The molecule has 2 aliphatic rings. The topological polar surface area (TPSA) is 88.0 Å². The van der Waals surface area contributed by atoms with Gasteiger partial charge in [-0.3, -0.25) is 4.79 Å². The van der Waals surface area contributed by atoms with Gasteiger partial charge < -0.3 is 20.1 Å². The summed E-state index contributed by atoms with van der Waals surface area (Å²) in [5.41, 5.74) is 0.535. The smallest absolute Gasteiger partial charge is 0.271 e. The maximum absolute atomic E-state index is 12.5. The number of hydrogen-bond acceptors (Lipinski definition) is 6. The van der Waals surface area contributed by atoms with Crippen LogP contribution in [0, 0.1) is 0 Å². The minimum atomic E-state index is -0.0634. The molecule has 0 unspecified atom stereocenters. The van der Waals surface area contributed by atoms with Crippen LogP contribution in [0.5, 0.6) is 0 Å². The van der Waals surface area contributed by atoms with Crippen molar-refractivity contribution in [1.29, 1.82) is 0 Å². The van der Waals surface area contributed by atoms with E-state index < -0.39 is 0 Å². The summed E-state index contributed by atoms with van der Waals surface area (Å²) in [7, 11) is 0. The van der Waals surface area contributed by atoms with E-state index in [0.717, 1.165) is 63.6 Å². The highest BCUT2D eigenvalue weighted by molar-refractivity contribution is 5.92. The molecule has 2 aliphatic heterocycles. The normalized spacial score (nSPS) is 18.5. The zero-order valence-corrected chi connectivity index (χ0v) is 14.2. The van der Waals surface area contributed by atoms with Crippen molar-refractivity contribution in [3.63, 3.8) is 0 Å². The van der Waals surface area contributed by atoms with Crippen molar-refractivity contribution in [1.82, 2.24) is 30.4 Å². The van der Waals surface area contributed by atoms with Crippen LogP contribution < -0.4 is 15.5 Å². The van der Waals surface area contributed by atoms with Crippen LogP contribution in [0.2, 0.25) is 0 Å². The Morgan fingerprint density at radius 1 is 1.24 bits per heavy atom. The van der Waals surface area contributed by atoms with Crippen molar-refractivity contribution < 1.29 is 4.79 Å². The van der Waals surface area contributed by atoms with E-state index in [1.165, 1.54) is 0 Å². The van der Waals surface area contributed by atoms with Gasteiger partial charge in [0.25, 0.3) is 5.91 Å². The van der Waals surface area contributed by atoms with Crippen molar-refractivity contribution in [2.24, 2.45) is 0 Å². The summed E-state index contributed by atoms with van der Waals surface area (Å²) in [5.74, 6) is 1.83. The Bertz CT molecular complexity index is 698. The number of carbonyl (C=O) groups is 1. The second kappa shape index (κ2) is 7.18. The van der Waals surface area contributed by atoms with Crippen LogP contribution in [-0.2, 0) is 13.0 Å². The first-order valence-corrected chi connectivity index (χ1v) is 8.90. The summed E-state index contributed by atoms with van der Waals surface area (Å²) >= 11 is 0. The molecule has 1 amide bonds. The second-order valence-electron chi connectivity index (χ2n) is 6.55. The first-order chi connectivity index (χ1) is 12.3. The number of carbonyl (C=O) groups excluding carboxylic acids is 1. The first-order valence-electron chi connectivity index (χ1n) is 8.90. The molecule has 2 aromatic rings. The van der Waals surface area contributed by atoms with Crippen LogP contribution >= 0.6 is 0 Å².